The van der Waals surface area contributed by atoms with E-state index in [1.807, 2.05) is 31.2 Å². The van der Waals surface area contributed by atoms with Crippen LogP contribution in [0.1, 0.15) is 24.5 Å². The summed E-state index contributed by atoms with van der Waals surface area (Å²) in [6, 6.07) is 12.1. The number of nitrogens with zero attached hydrogens (tertiary/aromatic N) is 1. The van der Waals surface area contributed by atoms with E-state index in [0.717, 1.165) is 5.56 Å². The molecular weight excluding hydrogens is 451 g/mol. The van der Waals surface area contributed by atoms with E-state index in [2.05, 4.69) is 5.32 Å². The molecule has 0 aromatic heterocycles. The third-order valence-corrected chi connectivity index (χ3v) is 6.38. The van der Waals surface area contributed by atoms with Gasteiger partial charge in [0.15, 0.2) is 0 Å². The Morgan fingerprint density at radius 1 is 1.07 bits per heavy atom. The van der Waals surface area contributed by atoms with Crippen molar-refractivity contribution in [2.24, 2.45) is 0 Å². The maximum Gasteiger partial charge on any atom is 0.242 e. The average molecular weight is 474 g/mol. The number of likely N-dealkylation sites (N-methyl/N-ethyl adjacent to an activating group) is 1. The summed E-state index contributed by atoms with van der Waals surface area (Å²) in [6.07, 6.45) is 0.481. The highest BCUT2D eigenvalue weighted by Gasteiger charge is 2.29. The van der Waals surface area contributed by atoms with Gasteiger partial charge in [-0.15, -0.1) is 11.8 Å². The molecule has 0 radical (unpaired) electrons. The lowest BCUT2D eigenvalue weighted by Crippen LogP contribution is -2.48. The Hall–Kier alpha value is -1.40. The molecule has 29 heavy (non-hydrogen) atoms. The summed E-state index contributed by atoms with van der Waals surface area (Å²) in [4.78, 5) is 27.0. The van der Waals surface area contributed by atoms with Gasteiger partial charge < -0.3 is 10.2 Å². The second-order valence-corrected chi connectivity index (χ2v) is 8.62. The molecule has 0 unspecified atom stereocenters. The minimum atomic E-state index is -0.601. The fourth-order valence-electron chi connectivity index (χ4n) is 2.86. The largest absolute Gasteiger partial charge is 0.357 e. The molecule has 2 rings (SSSR count). The molecule has 2 aromatic carbocycles. The molecule has 8 heteroatoms. The molecule has 0 saturated heterocycles. The minimum Gasteiger partial charge on any atom is -0.357 e. The van der Waals surface area contributed by atoms with Gasteiger partial charge in [-0.05, 0) is 36.2 Å². The monoisotopic (exact) mass is 472 g/mol. The third-order valence-electron chi connectivity index (χ3n) is 4.43. The van der Waals surface area contributed by atoms with Crippen molar-refractivity contribution in [1.29, 1.82) is 0 Å². The number of amides is 2. The predicted octanol–water partition coefficient (Wildman–Crippen LogP) is 5.43. The van der Waals surface area contributed by atoms with Gasteiger partial charge in [0.25, 0.3) is 0 Å². The molecule has 0 aliphatic carbocycles. The van der Waals surface area contributed by atoms with Crippen LogP contribution in [-0.4, -0.2) is 35.6 Å². The number of nitrogens with one attached hydrogen (secondary N) is 1. The Morgan fingerprint density at radius 3 is 2.24 bits per heavy atom. The molecule has 0 fully saturated rings. The molecule has 0 aliphatic heterocycles. The Labute approximate surface area is 190 Å². The van der Waals surface area contributed by atoms with Crippen LogP contribution in [0.4, 0.5) is 0 Å². The molecule has 0 bridgehead atoms. The molecule has 1 atom stereocenters. The molecule has 0 heterocycles. The van der Waals surface area contributed by atoms with Crippen molar-refractivity contribution < 1.29 is 9.59 Å². The molecule has 0 saturated carbocycles. The smallest absolute Gasteiger partial charge is 0.242 e. The molecule has 4 nitrogen and oxygen atoms in total. The molecule has 2 aromatic rings. The molecule has 0 spiro atoms. The van der Waals surface area contributed by atoms with E-state index in [0.29, 0.717) is 32.8 Å². The number of hydrogen-bond donors (Lipinski definition) is 1. The summed E-state index contributed by atoms with van der Waals surface area (Å²) in [7, 11) is 1.56. The minimum absolute atomic E-state index is 0.143. The van der Waals surface area contributed by atoms with Gasteiger partial charge in [0, 0.05) is 40.0 Å². The quantitative estimate of drug-likeness (QED) is 0.528. The highest BCUT2D eigenvalue weighted by Crippen LogP contribution is 2.27. The van der Waals surface area contributed by atoms with Crippen LogP contribution in [0, 0.1) is 0 Å². The summed E-state index contributed by atoms with van der Waals surface area (Å²) >= 11 is 20.0. The zero-order chi connectivity index (χ0) is 21.4. The van der Waals surface area contributed by atoms with E-state index in [1.54, 1.807) is 30.1 Å². The number of benzene rings is 2. The number of carbonyl (C=O) groups is 2. The van der Waals surface area contributed by atoms with Crippen molar-refractivity contribution >= 4 is 58.4 Å². The Morgan fingerprint density at radius 2 is 1.69 bits per heavy atom. The van der Waals surface area contributed by atoms with Crippen LogP contribution in [0.5, 0.6) is 0 Å². The number of rotatable bonds is 9. The van der Waals surface area contributed by atoms with Crippen LogP contribution in [0.2, 0.25) is 15.1 Å². The van der Waals surface area contributed by atoms with E-state index in [4.69, 9.17) is 34.8 Å². The molecule has 0 aliphatic rings. The fraction of sp³-hybridized carbons (Fsp3) is 0.333. The summed E-state index contributed by atoms with van der Waals surface area (Å²) in [5, 5.41) is 4.25. The Balaban J connectivity index is 2.15. The van der Waals surface area contributed by atoms with Gasteiger partial charge in [0.1, 0.15) is 6.04 Å². The van der Waals surface area contributed by atoms with E-state index >= 15 is 0 Å². The van der Waals surface area contributed by atoms with Crippen LogP contribution < -0.4 is 5.32 Å². The van der Waals surface area contributed by atoms with Gasteiger partial charge in [-0.2, -0.15) is 0 Å². The van der Waals surface area contributed by atoms with Crippen molar-refractivity contribution in [3.05, 3.63) is 68.7 Å². The van der Waals surface area contributed by atoms with E-state index in [-0.39, 0.29) is 24.1 Å². The van der Waals surface area contributed by atoms with Crippen LogP contribution in [-0.2, 0) is 21.9 Å². The average Bonchev–Trinajstić information content (AvgIpc) is 2.71. The van der Waals surface area contributed by atoms with Crippen molar-refractivity contribution in [2.75, 3.05) is 12.8 Å². The standard InChI is InChI=1S/C21H23Cl3N2O2S/c1-3-19(21(28)25-2)26(11-16-17(23)5-4-6-18(16)24)20(27)13-29-12-14-7-9-15(22)10-8-14/h4-10,19H,3,11-13H2,1-2H3,(H,25,28)/t19-/m1/s1. The first-order valence-corrected chi connectivity index (χ1v) is 11.4. The second-order valence-electron chi connectivity index (χ2n) is 6.38. The summed E-state index contributed by atoms with van der Waals surface area (Å²) in [6.45, 7) is 2.04. The van der Waals surface area contributed by atoms with Gasteiger partial charge >= 0.3 is 0 Å². The van der Waals surface area contributed by atoms with E-state index < -0.39 is 6.04 Å². The van der Waals surface area contributed by atoms with Crippen molar-refractivity contribution in [1.82, 2.24) is 10.2 Å². The first-order valence-electron chi connectivity index (χ1n) is 9.13. The second kappa shape index (κ2) is 11.7. The topological polar surface area (TPSA) is 49.4 Å². The van der Waals surface area contributed by atoms with Gasteiger partial charge in [-0.1, -0.05) is 59.9 Å². The molecule has 2 amide bonds. The van der Waals surface area contributed by atoms with Gasteiger partial charge in [0.05, 0.1) is 5.75 Å². The first-order chi connectivity index (χ1) is 13.9. The lowest BCUT2D eigenvalue weighted by atomic mass is 10.1. The first kappa shape index (κ1) is 23.9. The van der Waals surface area contributed by atoms with E-state index in [9.17, 15) is 9.59 Å². The van der Waals surface area contributed by atoms with Crippen molar-refractivity contribution in [3.8, 4) is 0 Å². The number of thioether (sulfide) groups is 1. The Bertz CT molecular complexity index is 826. The SMILES string of the molecule is CC[C@H](C(=O)NC)N(Cc1c(Cl)cccc1Cl)C(=O)CSCc1ccc(Cl)cc1. The Kier molecular flexibility index (Phi) is 9.63. The number of carbonyl (C=O) groups excluding carboxylic acids is 2. The van der Waals surface area contributed by atoms with Crippen LogP contribution in [0.25, 0.3) is 0 Å². The van der Waals surface area contributed by atoms with Gasteiger partial charge in [-0.3, -0.25) is 9.59 Å². The van der Waals surface area contributed by atoms with Crippen molar-refractivity contribution in [3.63, 3.8) is 0 Å². The number of hydrogen-bond acceptors (Lipinski definition) is 3. The molecule has 1 N–H and O–H groups in total. The fourth-order valence-corrected chi connectivity index (χ4v) is 4.37. The van der Waals surface area contributed by atoms with Gasteiger partial charge in [-0.25, -0.2) is 0 Å². The zero-order valence-corrected chi connectivity index (χ0v) is 19.3. The number of halogens is 3. The predicted molar refractivity (Wildman–Crippen MR) is 123 cm³/mol. The summed E-state index contributed by atoms with van der Waals surface area (Å²) < 4.78 is 0. The normalized spacial score (nSPS) is 11.8. The lowest BCUT2D eigenvalue weighted by Gasteiger charge is -2.30. The molecular formula is C21H23Cl3N2O2S. The third kappa shape index (κ3) is 6.82. The van der Waals surface area contributed by atoms with Gasteiger partial charge in [0.2, 0.25) is 11.8 Å². The summed E-state index contributed by atoms with van der Waals surface area (Å²) in [5.74, 6) is 0.542. The van der Waals surface area contributed by atoms with E-state index in [1.165, 1.54) is 11.8 Å². The van der Waals surface area contributed by atoms with Crippen molar-refractivity contribution in [2.45, 2.75) is 31.7 Å². The molecule has 156 valence electrons. The van der Waals surface area contributed by atoms with Crippen LogP contribution >= 0.6 is 46.6 Å². The summed E-state index contributed by atoms with van der Waals surface area (Å²) in [5.41, 5.74) is 1.71. The van der Waals surface area contributed by atoms with Crippen LogP contribution in [0.3, 0.4) is 0 Å². The highest BCUT2D eigenvalue weighted by molar-refractivity contribution is 7.99. The van der Waals surface area contributed by atoms with Crippen LogP contribution in [0.15, 0.2) is 42.5 Å². The maximum absolute atomic E-state index is 13.1. The zero-order valence-electron chi connectivity index (χ0n) is 16.3. The maximum atomic E-state index is 13.1. The highest BCUT2D eigenvalue weighted by atomic mass is 35.5. The lowest BCUT2D eigenvalue weighted by molar-refractivity contribution is -0.139.